The third-order valence-corrected chi connectivity index (χ3v) is 8.10. The van der Waals surface area contributed by atoms with Gasteiger partial charge < -0.3 is 23.8 Å². The van der Waals surface area contributed by atoms with E-state index >= 15 is 0 Å². The molecule has 6 atom stereocenters. The zero-order valence-corrected chi connectivity index (χ0v) is 20.7. The van der Waals surface area contributed by atoms with Gasteiger partial charge >= 0.3 is 12.1 Å². The molecule has 4 aliphatic heterocycles. The van der Waals surface area contributed by atoms with Gasteiger partial charge in [0.1, 0.15) is 5.60 Å². The van der Waals surface area contributed by atoms with Crippen molar-refractivity contribution < 1.29 is 33.3 Å². The Hall–Kier alpha value is -1.87. The average Bonchev–Trinajstić information content (AvgIpc) is 3.45. The molecule has 4 fully saturated rings. The van der Waals surface area contributed by atoms with Crippen molar-refractivity contribution in [3.05, 3.63) is 0 Å². The SMILES string of the molecule is COC[C@@]12CC[C@@H]([C@@H](C(=O)N3[C@H]4CC[C@]3(COC)C[C@@H]4C(=O)OC)C1)N2C(=O)OC(C)(C)C. The molecule has 4 saturated heterocycles. The van der Waals surface area contributed by atoms with Crippen LogP contribution in [0.2, 0.25) is 0 Å². The lowest BCUT2D eigenvalue weighted by Gasteiger charge is -2.37. The van der Waals surface area contributed by atoms with E-state index in [0.29, 0.717) is 26.1 Å². The monoisotopic (exact) mass is 466 g/mol. The lowest BCUT2D eigenvalue weighted by molar-refractivity contribution is -0.147. The number of nitrogens with zero attached hydrogens (tertiary/aromatic N) is 2. The molecule has 33 heavy (non-hydrogen) atoms. The maximum atomic E-state index is 14.1. The Kier molecular flexibility index (Phi) is 6.18. The first-order chi connectivity index (χ1) is 15.5. The van der Waals surface area contributed by atoms with Crippen molar-refractivity contribution in [2.75, 3.05) is 34.5 Å². The Balaban J connectivity index is 1.63. The number of methoxy groups -OCH3 is 3. The number of rotatable bonds is 6. The van der Waals surface area contributed by atoms with E-state index in [9.17, 15) is 14.4 Å². The highest BCUT2D eigenvalue weighted by molar-refractivity contribution is 5.86. The Morgan fingerprint density at radius 3 is 1.88 bits per heavy atom. The molecule has 4 aliphatic rings. The molecule has 0 unspecified atom stereocenters. The summed E-state index contributed by atoms with van der Waals surface area (Å²) in [6.45, 7) is 6.29. The normalized spacial score (nSPS) is 37.0. The zero-order chi connectivity index (χ0) is 24.2. The van der Waals surface area contributed by atoms with Gasteiger partial charge in [0.2, 0.25) is 5.91 Å². The topological polar surface area (TPSA) is 94.6 Å². The van der Waals surface area contributed by atoms with Gasteiger partial charge in [0, 0.05) is 26.3 Å². The zero-order valence-electron chi connectivity index (χ0n) is 20.7. The van der Waals surface area contributed by atoms with E-state index in [4.69, 9.17) is 18.9 Å². The van der Waals surface area contributed by atoms with Crippen LogP contribution in [-0.4, -0.2) is 91.1 Å². The molecule has 186 valence electrons. The quantitative estimate of drug-likeness (QED) is 0.555. The van der Waals surface area contributed by atoms with Gasteiger partial charge in [-0.2, -0.15) is 0 Å². The molecule has 2 amide bonds. The van der Waals surface area contributed by atoms with E-state index in [-0.39, 0.29) is 41.9 Å². The molecule has 4 bridgehead atoms. The van der Waals surface area contributed by atoms with Crippen molar-refractivity contribution in [2.24, 2.45) is 11.8 Å². The standard InChI is InChI=1S/C24H38N2O7/c1-22(2,3)33-21(29)26-17-7-10-24(26,14-31-5)11-15(17)19(27)25-18-8-9-23(25,13-30-4)12-16(18)20(28)32-6/h15-18H,7-14H2,1-6H3/t15-,16-,17-,18-,23+,24+/m0/s1. The fourth-order valence-electron chi connectivity index (χ4n) is 7.09. The van der Waals surface area contributed by atoms with Crippen LogP contribution in [0.15, 0.2) is 0 Å². The summed E-state index contributed by atoms with van der Waals surface area (Å²) in [5.74, 6) is -0.946. The summed E-state index contributed by atoms with van der Waals surface area (Å²) in [7, 11) is 4.65. The summed E-state index contributed by atoms with van der Waals surface area (Å²) >= 11 is 0. The van der Waals surface area contributed by atoms with E-state index in [2.05, 4.69) is 0 Å². The summed E-state index contributed by atoms with van der Waals surface area (Å²) in [6, 6.07) is -0.425. The van der Waals surface area contributed by atoms with Gasteiger partial charge in [-0.15, -0.1) is 0 Å². The molecule has 0 radical (unpaired) electrons. The maximum Gasteiger partial charge on any atom is 0.411 e. The first kappa shape index (κ1) is 24.3. The maximum absolute atomic E-state index is 14.1. The summed E-state index contributed by atoms with van der Waals surface area (Å²) in [5.41, 5.74) is -1.67. The number of esters is 1. The van der Waals surface area contributed by atoms with E-state index in [0.717, 1.165) is 25.7 Å². The number of carbonyl (C=O) groups excluding carboxylic acids is 3. The van der Waals surface area contributed by atoms with E-state index in [1.807, 2.05) is 25.7 Å². The summed E-state index contributed by atoms with van der Waals surface area (Å²) in [5, 5.41) is 0. The van der Waals surface area contributed by atoms with Crippen molar-refractivity contribution >= 4 is 18.0 Å². The highest BCUT2D eigenvalue weighted by atomic mass is 16.6. The second-order valence-electron chi connectivity index (χ2n) is 11.2. The molecule has 0 aromatic heterocycles. The molecule has 0 aliphatic carbocycles. The van der Waals surface area contributed by atoms with Crippen LogP contribution < -0.4 is 0 Å². The average molecular weight is 467 g/mol. The van der Waals surface area contributed by atoms with Crippen LogP contribution in [-0.2, 0) is 28.5 Å². The first-order valence-corrected chi connectivity index (χ1v) is 11.9. The molecule has 0 N–H and O–H groups in total. The molecule has 0 aromatic rings. The molecule has 9 heteroatoms. The van der Waals surface area contributed by atoms with Crippen LogP contribution in [0.4, 0.5) is 4.79 Å². The number of ether oxygens (including phenoxy) is 4. The lowest BCUT2D eigenvalue weighted by Crippen LogP contribution is -2.52. The molecule has 4 rings (SSSR count). The van der Waals surface area contributed by atoms with Crippen molar-refractivity contribution in [1.29, 1.82) is 0 Å². The highest BCUT2D eigenvalue weighted by Crippen LogP contribution is 2.55. The highest BCUT2D eigenvalue weighted by Gasteiger charge is 2.66. The number of carbonyl (C=O) groups is 3. The minimum Gasteiger partial charge on any atom is -0.469 e. The fraction of sp³-hybridized carbons (Fsp3) is 0.875. The van der Waals surface area contributed by atoms with Gasteiger partial charge in [-0.25, -0.2) is 4.79 Å². The molecule has 4 heterocycles. The van der Waals surface area contributed by atoms with Gasteiger partial charge in [-0.3, -0.25) is 14.5 Å². The van der Waals surface area contributed by atoms with Crippen LogP contribution in [0.25, 0.3) is 0 Å². The molecular formula is C24H38N2O7. The second-order valence-corrected chi connectivity index (χ2v) is 11.2. The van der Waals surface area contributed by atoms with Crippen LogP contribution in [0.5, 0.6) is 0 Å². The molecule has 9 nitrogen and oxygen atoms in total. The van der Waals surface area contributed by atoms with Crippen molar-refractivity contribution in [1.82, 2.24) is 9.80 Å². The smallest absolute Gasteiger partial charge is 0.411 e. The van der Waals surface area contributed by atoms with Crippen LogP contribution in [0.3, 0.4) is 0 Å². The molecule has 0 saturated carbocycles. The van der Waals surface area contributed by atoms with Crippen LogP contribution in [0.1, 0.15) is 59.3 Å². The second kappa shape index (κ2) is 8.41. The van der Waals surface area contributed by atoms with Crippen molar-refractivity contribution in [3.63, 3.8) is 0 Å². The fourth-order valence-corrected chi connectivity index (χ4v) is 7.09. The van der Waals surface area contributed by atoms with E-state index in [1.165, 1.54) is 7.11 Å². The third-order valence-electron chi connectivity index (χ3n) is 8.10. The number of fused-ring (bicyclic) bond motifs is 4. The van der Waals surface area contributed by atoms with Crippen molar-refractivity contribution in [2.45, 2.75) is 88.1 Å². The Bertz CT molecular complexity index is 811. The minimum absolute atomic E-state index is 0.0113. The van der Waals surface area contributed by atoms with Crippen LogP contribution >= 0.6 is 0 Å². The number of hydrogen-bond donors (Lipinski definition) is 0. The summed E-state index contributed by atoms with van der Waals surface area (Å²) < 4.78 is 21.8. The Morgan fingerprint density at radius 2 is 1.36 bits per heavy atom. The largest absolute Gasteiger partial charge is 0.469 e. The predicted molar refractivity (Wildman–Crippen MR) is 118 cm³/mol. The predicted octanol–water partition coefficient (Wildman–Crippen LogP) is 2.36. The molecule has 0 spiro atoms. The third kappa shape index (κ3) is 3.81. The number of amides is 2. The van der Waals surface area contributed by atoms with Gasteiger partial charge in [0.15, 0.2) is 0 Å². The Labute approximate surface area is 196 Å². The van der Waals surface area contributed by atoms with Gasteiger partial charge in [0.05, 0.1) is 43.2 Å². The van der Waals surface area contributed by atoms with Crippen molar-refractivity contribution in [3.8, 4) is 0 Å². The summed E-state index contributed by atoms with van der Waals surface area (Å²) in [6.07, 6.45) is 3.79. The Morgan fingerprint density at radius 1 is 0.848 bits per heavy atom. The first-order valence-electron chi connectivity index (χ1n) is 11.9. The van der Waals surface area contributed by atoms with E-state index < -0.39 is 16.7 Å². The van der Waals surface area contributed by atoms with Gasteiger partial charge in [-0.05, 0) is 59.3 Å². The number of hydrogen-bond acceptors (Lipinski definition) is 7. The van der Waals surface area contributed by atoms with E-state index in [1.54, 1.807) is 19.1 Å². The minimum atomic E-state index is -0.628. The van der Waals surface area contributed by atoms with Gasteiger partial charge in [-0.1, -0.05) is 0 Å². The molecule has 0 aromatic carbocycles. The summed E-state index contributed by atoms with van der Waals surface area (Å²) in [4.78, 5) is 43.6. The molecular weight excluding hydrogens is 428 g/mol. The van der Waals surface area contributed by atoms with Gasteiger partial charge in [0.25, 0.3) is 0 Å². The lowest BCUT2D eigenvalue weighted by atomic mass is 9.80. The van der Waals surface area contributed by atoms with Crippen LogP contribution in [0, 0.1) is 11.8 Å².